The van der Waals surface area contributed by atoms with Gasteiger partial charge < -0.3 is 14.8 Å². The van der Waals surface area contributed by atoms with Crippen LogP contribution in [0.5, 0.6) is 11.5 Å². The molecule has 3 unspecified atom stereocenters. The summed E-state index contributed by atoms with van der Waals surface area (Å²) in [4.78, 5) is 0.736. The molecule has 0 spiro atoms. The van der Waals surface area contributed by atoms with Crippen LogP contribution in [0.15, 0.2) is 42.5 Å². The van der Waals surface area contributed by atoms with Crippen LogP contribution in [-0.4, -0.2) is 16.2 Å². The van der Waals surface area contributed by atoms with E-state index in [0.29, 0.717) is 18.4 Å². The number of hydrogen-bond donors (Lipinski definition) is 1. The lowest BCUT2D eigenvalue weighted by Crippen LogP contribution is -2.54. The fourth-order valence-corrected chi connectivity index (χ4v) is 5.62. The maximum atomic E-state index is 6.62. The van der Waals surface area contributed by atoms with Gasteiger partial charge in [-0.15, -0.1) is 0 Å². The minimum absolute atomic E-state index is 0.0492. The number of thiocarbonyl (C=S) groups is 1. The summed E-state index contributed by atoms with van der Waals surface area (Å²) in [7, 11) is 0. The van der Waals surface area contributed by atoms with Crippen molar-refractivity contribution in [3.05, 3.63) is 59.2 Å². The first-order valence-electron chi connectivity index (χ1n) is 10.2. The van der Waals surface area contributed by atoms with Gasteiger partial charge in [-0.2, -0.15) is 0 Å². The van der Waals surface area contributed by atoms with Crippen molar-refractivity contribution < 1.29 is 9.47 Å². The van der Waals surface area contributed by atoms with E-state index in [1.54, 1.807) is 0 Å². The van der Waals surface area contributed by atoms with Gasteiger partial charge in [0.05, 0.1) is 5.56 Å². The van der Waals surface area contributed by atoms with Crippen molar-refractivity contribution in [2.45, 2.75) is 63.7 Å². The first kappa shape index (κ1) is 18.0. The molecule has 0 radical (unpaired) electrons. The quantitative estimate of drug-likeness (QED) is 0.712. The van der Waals surface area contributed by atoms with Gasteiger partial charge in [-0.3, -0.25) is 0 Å². The van der Waals surface area contributed by atoms with Crippen molar-refractivity contribution in [1.82, 2.24) is 5.32 Å². The molecule has 0 amide bonds. The molecule has 1 aliphatic carbocycles. The molecule has 0 saturated heterocycles. The summed E-state index contributed by atoms with van der Waals surface area (Å²) in [5.41, 5.74) is 3.19. The highest BCUT2D eigenvalue weighted by Gasteiger charge is 2.54. The molecule has 28 heavy (non-hydrogen) atoms. The highest BCUT2D eigenvalue weighted by atomic mass is 32.1. The minimum Gasteiger partial charge on any atom is -0.487 e. The molecular formula is C24H27NO2S. The van der Waals surface area contributed by atoms with Gasteiger partial charge in [0, 0.05) is 23.9 Å². The summed E-state index contributed by atoms with van der Waals surface area (Å²) in [6, 6.07) is 14.5. The normalized spacial score (nSPS) is 28.7. The Morgan fingerprint density at radius 3 is 2.68 bits per heavy atom. The van der Waals surface area contributed by atoms with Gasteiger partial charge in [0.2, 0.25) is 0 Å². The Balaban J connectivity index is 1.52. The van der Waals surface area contributed by atoms with E-state index >= 15 is 0 Å². The summed E-state index contributed by atoms with van der Waals surface area (Å²) < 4.78 is 13.1. The lowest BCUT2D eigenvalue weighted by molar-refractivity contribution is -0.0727. The van der Waals surface area contributed by atoms with E-state index in [0.717, 1.165) is 41.3 Å². The van der Waals surface area contributed by atoms with Gasteiger partial charge in [0.25, 0.3) is 0 Å². The van der Waals surface area contributed by atoms with Crippen LogP contribution in [0.25, 0.3) is 0 Å². The third-order valence-electron chi connectivity index (χ3n) is 6.80. The topological polar surface area (TPSA) is 30.5 Å². The molecule has 146 valence electrons. The highest BCUT2D eigenvalue weighted by molar-refractivity contribution is 7.80. The number of ether oxygens (including phenoxy) is 2. The highest BCUT2D eigenvalue weighted by Crippen LogP contribution is 2.60. The van der Waals surface area contributed by atoms with Crippen molar-refractivity contribution in [2.24, 2.45) is 5.92 Å². The van der Waals surface area contributed by atoms with Crippen molar-refractivity contribution in [2.75, 3.05) is 0 Å². The predicted octanol–water partition coefficient (Wildman–Crippen LogP) is 5.36. The van der Waals surface area contributed by atoms with Crippen LogP contribution in [0, 0.1) is 5.92 Å². The Morgan fingerprint density at radius 1 is 1.11 bits per heavy atom. The monoisotopic (exact) mass is 393 g/mol. The van der Waals surface area contributed by atoms with Gasteiger partial charge in [0.1, 0.15) is 27.7 Å². The predicted molar refractivity (Wildman–Crippen MR) is 115 cm³/mol. The Hall–Kier alpha value is -2.07. The fraction of sp³-hybridized carbons (Fsp3) is 0.458. The summed E-state index contributed by atoms with van der Waals surface area (Å²) in [5, 5.41) is 3.42. The average molecular weight is 394 g/mol. The molecule has 5 rings (SSSR count). The van der Waals surface area contributed by atoms with Gasteiger partial charge in [-0.25, -0.2) is 0 Å². The molecule has 3 atom stereocenters. The Morgan fingerprint density at radius 2 is 1.89 bits per heavy atom. The largest absolute Gasteiger partial charge is 0.487 e. The molecule has 3 nitrogen and oxygen atoms in total. The number of benzene rings is 2. The van der Waals surface area contributed by atoms with Crippen LogP contribution in [0.1, 0.15) is 62.6 Å². The van der Waals surface area contributed by atoms with Crippen molar-refractivity contribution in [3.63, 3.8) is 0 Å². The van der Waals surface area contributed by atoms with E-state index in [2.05, 4.69) is 50.4 Å². The molecule has 2 aromatic carbocycles. The van der Waals surface area contributed by atoms with Crippen LogP contribution < -0.4 is 14.8 Å². The van der Waals surface area contributed by atoms with E-state index < -0.39 is 0 Å². The molecule has 3 aliphatic rings. The molecular weight excluding hydrogens is 366 g/mol. The van der Waals surface area contributed by atoms with Crippen molar-refractivity contribution in [3.8, 4) is 11.5 Å². The SMILES string of the molecule is CC12CCC3C(C1)c1c(ccc(C(=S)NCc4ccccc4)c1OC3(C)C)O2. The molecule has 1 N–H and O–H groups in total. The van der Waals surface area contributed by atoms with Crippen molar-refractivity contribution >= 4 is 17.2 Å². The Kier molecular flexibility index (Phi) is 3.99. The van der Waals surface area contributed by atoms with Crippen LogP contribution in [0.3, 0.4) is 0 Å². The zero-order valence-electron chi connectivity index (χ0n) is 16.7. The second kappa shape index (κ2) is 6.21. The maximum Gasteiger partial charge on any atom is 0.137 e. The first-order chi connectivity index (χ1) is 13.4. The van der Waals surface area contributed by atoms with E-state index in [-0.39, 0.29) is 11.2 Å². The second-order valence-corrected chi connectivity index (χ2v) is 9.64. The zero-order valence-corrected chi connectivity index (χ0v) is 17.6. The van der Waals surface area contributed by atoms with Crippen LogP contribution in [-0.2, 0) is 6.54 Å². The maximum absolute atomic E-state index is 6.62. The van der Waals surface area contributed by atoms with E-state index in [4.69, 9.17) is 21.7 Å². The van der Waals surface area contributed by atoms with Crippen LogP contribution >= 0.6 is 12.2 Å². The standard InChI is InChI=1S/C24H27NO2S/c1-23(2)18-11-12-24(3)13-17(18)20-19(26-24)10-9-16(21(20)27-23)22(28)25-14-15-7-5-4-6-8-15/h4-10,17-18H,11-14H2,1-3H3,(H,25,28). The third kappa shape index (κ3) is 2.81. The van der Waals surface area contributed by atoms with E-state index in [1.165, 1.54) is 11.1 Å². The number of nitrogens with one attached hydrogen (secondary N) is 1. The number of hydrogen-bond acceptors (Lipinski definition) is 3. The van der Waals surface area contributed by atoms with Crippen LogP contribution in [0.4, 0.5) is 0 Å². The molecule has 2 aliphatic heterocycles. The molecule has 4 heteroatoms. The van der Waals surface area contributed by atoms with Gasteiger partial charge in [-0.1, -0.05) is 42.5 Å². The third-order valence-corrected chi connectivity index (χ3v) is 7.17. The lowest BCUT2D eigenvalue weighted by Gasteiger charge is -2.55. The molecule has 2 bridgehead atoms. The zero-order chi connectivity index (χ0) is 19.5. The second-order valence-electron chi connectivity index (χ2n) is 9.24. The summed E-state index contributed by atoms with van der Waals surface area (Å²) in [6.07, 6.45) is 3.31. The summed E-state index contributed by atoms with van der Waals surface area (Å²) in [5.74, 6) is 2.93. The van der Waals surface area contributed by atoms with Gasteiger partial charge in [-0.05, 0) is 57.7 Å². The van der Waals surface area contributed by atoms with E-state index in [9.17, 15) is 0 Å². The minimum atomic E-state index is -0.196. The van der Waals surface area contributed by atoms with E-state index in [1.807, 2.05) is 18.2 Å². The summed E-state index contributed by atoms with van der Waals surface area (Å²) in [6.45, 7) is 7.43. The smallest absolute Gasteiger partial charge is 0.137 e. The van der Waals surface area contributed by atoms with Crippen molar-refractivity contribution in [1.29, 1.82) is 0 Å². The number of fused-ring (bicyclic) bond motifs is 1. The van der Waals surface area contributed by atoms with Gasteiger partial charge in [0.15, 0.2) is 0 Å². The summed E-state index contributed by atoms with van der Waals surface area (Å²) >= 11 is 5.77. The van der Waals surface area contributed by atoms with Crippen LogP contribution in [0.2, 0.25) is 0 Å². The Bertz CT molecular complexity index is 939. The average Bonchev–Trinajstić information content (AvgIpc) is 2.65. The molecule has 2 aromatic rings. The molecule has 1 fully saturated rings. The number of rotatable bonds is 3. The molecule has 2 heterocycles. The van der Waals surface area contributed by atoms with Gasteiger partial charge >= 0.3 is 0 Å². The molecule has 1 saturated carbocycles. The first-order valence-corrected chi connectivity index (χ1v) is 10.6. The Labute approximate surface area is 172 Å². The fourth-order valence-electron chi connectivity index (χ4n) is 5.39. The molecule has 0 aromatic heterocycles. The lowest BCUT2D eigenvalue weighted by atomic mass is 9.61.